The van der Waals surface area contributed by atoms with Crippen LogP contribution in [0.15, 0.2) is 24.3 Å². The van der Waals surface area contributed by atoms with Crippen molar-refractivity contribution >= 4 is 16.8 Å². The van der Waals surface area contributed by atoms with Crippen LogP contribution in [0.2, 0.25) is 0 Å². The van der Waals surface area contributed by atoms with Crippen molar-refractivity contribution < 1.29 is 15.0 Å². The molecule has 1 aromatic heterocycles. The number of aromatic nitrogens is 2. The van der Waals surface area contributed by atoms with E-state index in [1.807, 2.05) is 24.3 Å². The van der Waals surface area contributed by atoms with Gasteiger partial charge in [-0.2, -0.15) is 5.10 Å². The molecule has 3 N–H and O–H groups in total. The van der Waals surface area contributed by atoms with E-state index >= 15 is 0 Å². The summed E-state index contributed by atoms with van der Waals surface area (Å²) in [5.41, 5.74) is 0.131. The molecule has 2 aromatic rings. The highest BCUT2D eigenvalue weighted by atomic mass is 16.3. The lowest BCUT2D eigenvalue weighted by atomic mass is 9.98. The molecule has 1 heterocycles. The molecule has 0 atom stereocenters. The van der Waals surface area contributed by atoms with E-state index in [4.69, 9.17) is 0 Å². The summed E-state index contributed by atoms with van der Waals surface area (Å²) in [6.07, 6.45) is 0.427. The Morgan fingerprint density at radius 2 is 2.00 bits per heavy atom. The molecule has 6 heteroatoms. The number of aliphatic hydroxyl groups excluding tert-OH is 2. The zero-order chi connectivity index (χ0) is 14.8. The van der Waals surface area contributed by atoms with Crippen LogP contribution in [0.3, 0.4) is 0 Å². The van der Waals surface area contributed by atoms with E-state index in [1.165, 1.54) is 0 Å². The minimum atomic E-state index is -1.02. The molecule has 20 heavy (non-hydrogen) atoms. The van der Waals surface area contributed by atoms with Gasteiger partial charge in [0.25, 0.3) is 5.91 Å². The maximum absolute atomic E-state index is 12.4. The largest absolute Gasteiger partial charge is 0.394 e. The normalized spacial score (nSPS) is 11.8. The van der Waals surface area contributed by atoms with Gasteiger partial charge in [0, 0.05) is 12.4 Å². The molecule has 0 saturated carbocycles. The van der Waals surface area contributed by atoms with Gasteiger partial charge in [0.1, 0.15) is 0 Å². The van der Waals surface area contributed by atoms with Crippen LogP contribution in [-0.4, -0.2) is 44.7 Å². The van der Waals surface area contributed by atoms with Crippen molar-refractivity contribution in [1.82, 2.24) is 15.1 Å². The van der Waals surface area contributed by atoms with Crippen LogP contribution in [-0.2, 0) is 7.05 Å². The number of rotatable bonds is 5. The Labute approximate surface area is 117 Å². The van der Waals surface area contributed by atoms with Gasteiger partial charge in [-0.15, -0.1) is 0 Å². The average molecular weight is 277 g/mol. The van der Waals surface area contributed by atoms with E-state index in [0.29, 0.717) is 12.1 Å². The van der Waals surface area contributed by atoms with Gasteiger partial charge in [0.2, 0.25) is 0 Å². The number of hydrogen-bond acceptors (Lipinski definition) is 4. The number of carbonyl (C=O) groups is 1. The first-order chi connectivity index (χ1) is 9.56. The van der Waals surface area contributed by atoms with E-state index < -0.39 is 11.4 Å². The predicted molar refractivity (Wildman–Crippen MR) is 75.4 cm³/mol. The van der Waals surface area contributed by atoms with E-state index in [9.17, 15) is 15.0 Å². The van der Waals surface area contributed by atoms with Crippen LogP contribution in [0.1, 0.15) is 23.8 Å². The van der Waals surface area contributed by atoms with Gasteiger partial charge in [-0.1, -0.05) is 25.1 Å². The maximum atomic E-state index is 12.4. The second kappa shape index (κ2) is 5.60. The highest BCUT2D eigenvalue weighted by molar-refractivity contribution is 6.05. The van der Waals surface area contributed by atoms with E-state index in [0.717, 1.165) is 10.9 Å². The summed E-state index contributed by atoms with van der Waals surface area (Å²) < 4.78 is 1.63. The quantitative estimate of drug-likeness (QED) is 0.740. The van der Waals surface area contributed by atoms with Crippen molar-refractivity contribution in [3.05, 3.63) is 30.0 Å². The van der Waals surface area contributed by atoms with Gasteiger partial charge in [-0.05, 0) is 12.5 Å². The molecule has 1 amide bonds. The molecule has 0 radical (unpaired) electrons. The summed E-state index contributed by atoms with van der Waals surface area (Å²) in [5.74, 6) is -0.397. The number of para-hydroxylation sites is 1. The van der Waals surface area contributed by atoms with Gasteiger partial charge in [0.15, 0.2) is 5.69 Å². The Kier molecular flexibility index (Phi) is 4.06. The molecule has 2 rings (SSSR count). The molecule has 108 valence electrons. The number of nitrogens with zero attached hydrogens (tertiary/aromatic N) is 2. The van der Waals surface area contributed by atoms with Crippen molar-refractivity contribution in [3.63, 3.8) is 0 Å². The number of hydrogen-bond donors (Lipinski definition) is 3. The van der Waals surface area contributed by atoms with Crippen molar-refractivity contribution in [3.8, 4) is 0 Å². The zero-order valence-electron chi connectivity index (χ0n) is 11.6. The molecular formula is C14H19N3O3. The molecule has 0 spiro atoms. The predicted octanol–water partition coefficient (Wildman–Crippen LogP) is 0.436. The van der Waals surface area contributed by atoms with Crippen LogP contribution >= 0.6 is 0 Å². The minimum Gasteiger partial charge on any atom is -0.394 e. The lowest BCUT2D eigenvalue weighted by Gasteiger charge is -2.29. The Hall–Kier alpha value is -1.92. The van der Waals surface area contributed by atoms with E-state index in [-0.39, 0.29) is 13.2 Å². The Bertz CT molecular complexity index is 609. The summed E-state index contributed by atoms with van der Waals surface area (Å²) >= 11 is 0. The Morgan fingerprint density at radius 1 is 1.35 bits per heavy atom. The number of amides is 1. The number of benzene rings is 1. The third-order valence-corrected chi connectivity index (χ3v) is 3.63. The third kappa shape index (κ3) is 2.39. The zero-order valence-corrected chi connectivity index (χ0v) is 11.6. The standard InChI is InChI=1S/C14H19N3O3/c1-3-14(8-18,9-19)15-13(20)12-10-6-4-5-7-11(10)17(2)16-12/h4-7,18-19H,3,8-9H2,1-2H3,(H,15,20). The number of nitrogens with one attached hydrogen (secondary N) is 1. The van der Waals surface area contributed by atoms with Crippen molar-refractivity contribution in [2.75, 3.05) is 13.2 Å². The molecule has 0 aliphatic carbocycles. The first-order valence-corrected chi connectivity index (χ1v) is 6.53. The van der Waals surface area contributed by atoms with Crippen molar-refractivity contribution in [1.29, 1.82) is 0 Å². The molecule has 1 aromatic carbocycles. The number of aliphatic hydroxyl groups is 2. The molecular weight excluding hydrogens is 258 g/mol. The van der Waals surface area contributed by atoms with Gasteiger partial charge < -0.3 is 15.5 Å². The van der Waals surface area contributed by atoms with Crippen LogP contribution in [0.5, 0.6) is 0 Å². The van der Waals surface area contributed by atoms with Crippen molar-refractivity contribution in [2.24, 2.45) is 7.05 Å². The first kappa shape index (κ1) is 14.5. The Balaban J connectivity index is 2.37. The molecule has 0 aliphatic rings. The van der Waals surface area contributed by atoms with Gasteiger partial charge >= 0.3 is 0 Å². The fraction of sp³-hybridized carbons (Fsp3) is 0.429. The topological polar surface area (TPSA) is 87.4 Å². The monoisotopic (exact) mass is 277 g/mol. The highest BCUT2D eigenvalue weighted by Gasteiger charge is 2.30. The molecule has 0 aliphatic heterocycles. The molecule has 6 nitrogen and oxygen atoms in total. The molecule has 0 unspecified atom stereocenters. The summed E-state index contributed by atoms with van der Waals surface area (Å²) in [7, 11) is 1.77. The van der Waals surface area contributed by atoms with Gasteiger partial charge in [0.05, 0.1) is 24.3 Å². The number of aryl methyl sites for hydroxylation is 1. The third-order valence-electron chi connectivity index (χ3n) is 3.63. The summed E-state index contributed by atoms with van der Waals surface area (Å²) in [6, 6.07) is 7.42. The van der Waals surface area contributed by atoms with Gasteiger partial charge in [-0.25, -0.2) is 0 Å². The fourth-order valence-electron chi connectivity index (χ4n) is 2.12. The molecule has 0 bridgehead atoms. The molecule has 0 saturated heterocycles. The lowest BCUT2D eigenvalue weighted by molar-refractivity contribution is 0.0650. The fourth-order valence-corrected chi connectivity index (χ4v) is 2.12. The number of carbonyl (C=O) groups excluding carboxylic acids is 1. The number of fused-ring (bicyclic) bond motifs is 1. The van der Waals surface area contributed by atoms with Crippen molar-refractivity contribution in [2.45, 2.75) is 18.9 Å². The minimum absolute atomic E-state index is 0.294. The average Bonchev–Trinajstić information content (AvgIpc) is 2.83. The van der Waals surface area contributed by atoms with Crippen LogP contribution in [0.25, 0.3) is 10.9 Å². The Morgan fingerprint density at radius 3 is 2.60 bits per heavy atom. The van der Waals surface area contributed by atoms with Gasteiger partial charge in [-0.3, -0.25) is 9.48 Å². The van der Waals surface area contributed by atoms with Crippen LogP contribution in [0.4, 0.5) is 0 Å². The van der Waals surface area contributed by atoms with Crippen LogP contribution in [0, 0.1) is 0 Å². The second-order valence-corrected chi connectivity index (χ2v) is 4.89. The summed E-state index contributed by atoms with van der Waals surface area (Å²) in [6.45, 7) is 1.15. The lowest BCUT2D eigenvalue weighted by Crippen LogP contribution is -2.53. The summed E-state index contributed by atoms with van der Waals surface area (Å²) in [4.78, 5) is 12.4. The second-order valence-electron chi connectivity index (χ2n) is 4.89. The summed E-state index contributed by atoms with van der Waals surface area (Å²) in [5, 5.41) is 26.4. The smallest absolute Gasteiger partial charge is 0.273 e. The highest BCUT2D eigenvalue weighted by Crippen LogP contribution is 2.18. The van der Waals surface area contributed by atoms with E-state index in [1.54, 1.807) is 18.7 Å². The first-order valence-electron chi connectivity index (χ1n) is 6.53. The van der Waals surface area contributed by atoms with Crippen LogP contribution < -0.4 is 5.32 Å². The maximum Gasteiger partial charge on any atom is 0.273 e. The molecule has 0 fully saturated rings. The SMILES string of the molecule is CCC(CO)(CO)NC(=O)c1nn(C)c2ccccc12. The van der Waals surface area contributed by atoms with E-state index in [2.05, 4.69) is 10.4 Å².